The number of anilines is 2. The minimum absolute atomic E-state index is 0.593. The lowest BCUT2D eigenvalue weighted by atomic mass is 9.98. The number of hydrogen-bond acceptors (Lipinski definition) is 6. The Hall–Kier alpha value is -1.86. The molecule has 0 amide bonds. The SMILES string of the molecule is CC1(O)CCCN(c2nc(NN)cn3ccnc23)CC1. The smallest absolute Gasteiger partial charge is 0.180 e. The average Bonchev–Trinajstić information content (AvgIpc) is 2.82. The highest BCUT2D eigenvalue weighted by Gasteiger charge is 2.26. The highest BCUT2D eigenvalue weighted by molar-refractivity contribution is 5.66. The van der Waals surface area contributed by atoms with Crippen molar-refractivity contribution in [2.24, 2.45) is 5.84 Å². The van der Waals surface area contributed by atoms with Gasteiger partial charge < -0.3 is 19.8 Å². The Morgan fingerprint density at radius 2 is 2.25 bits per heavy atom. The van der Waals surface area contributed by atoms with E-state index >= 15 is 0 Å². The van der Waals surface area contributed by atoms with Crippen molar-refractivity contribution in [3.63, 3.8) is 0 Å². The second kappa shape index (κ2) is 4.92. The molecule has 0 saturated carbocycles. The molecule has 0 aliphatic carbocycles. The van der Waals surface area contributed by atoms with Gasteiger partial charge in [-0.15, -0.1) is 0 Å². The highest BCUT2D eigenvalue weighted by atomic mass is 16.3. The molecule has 1 atom stereocenters. The number of aromatic nitrogens is 3. The molecule has 7 nitrogen and oxygen atoms in total. The second-order valence-corrected chi connectivity index (χ2v) is 5.59. The van der Waals surface area contributed by atoms with E-state index < -0.39 is 5.60 Å². The third kappa shape index (κ3) is 2.41. The van der Waals surface area contributed by atoms with E-state index in [-0.39, 0.29) is 0 Å². The van der Waals surface area contributed by atoms with E-state index in [1.165, 1.54) is 0 Å². The van der Waals surface area contributed by atoms with Gasteiger partial charge in [-0.3, -0.25) is 0 Å². The Labute approximate surface area is 117 Å². The van der Waals surface area contributed by atoms with E-state index in [4.69, 9.17) is 5.84 Å². The number of nitrogens with one attached hydrogen (secondary N) is 1. The summed E-state index contributed by atoms with van der Waals surface area (Å²) in [5.41, 5.74) is 2.80. The zero-order chi connectivity index (χ0) is 14.2. The molecule has 20 heavy (non-hydrogen) atoms. The van der Waals surface area contributed by atoms with Crippen LogP contribution in [0.1, 0.15) is 26.2 Å². The number of nitrogens with two attached hydrogens (primary N) is 1. The van der Waals surface area contributed by atoms with E-state index in [0.29, 0.717) is 5.82 Å². The minimum Gasteiger partial charge on any atom is -0.390 e. The summed E-state index contributed by atoms with van der Waals surface area (Å²) in [5.74, 6) is 6.88. The molecule has 2 aromatic heterocycles. The van der Waals surface area contributed by atoms with Crippen LogP contribution in [0.2, 0.25) is 0 Å². The molecule has 1 unspecified atom stereocenters. The second-order valence-electron chi connectivity index (χ2n) is 5.59. The van der Waals surface area contributed by atoms with Crippen LogP contribution in [0.4, 0.5) is 11.6 Å². The summed E-state index contributed by atoms with van der Waals surface area (Å²) in [6.45, 7) is 3.52. The normalized spacial score (nSPS) is 23.9. The van der Waals surface area contributed by atoms with Crippen LogP contribution in [0.15, 0.2) is 18.6 Å². The number of fused-ring (bicyclic) bond motifs is 1. The Kier molecular flexibility index (Phi) is 3.23. The molecule has 7 heteroatoms. The lowest BCUT2D eigenvalue weighted by molar-refractivity contribution is 0.0481. The van der Waals surface area contributed by atoms with Gasteiger partial charge in [0.25, 0.3) is 0 Å². The molecule has 1 aliphatic rings. The van der Waals surface area contributed by atoms with E-state index in [1.807, 2.05) is 17.5 Å². The largest absolute Gasteiger partial charge is 0.390 e. The van der Waals surface area contributed by atoms with Crippen LogP contribution in [0.5, 0.6) is 0 Å². The molecule has 3 rings (SSSR count). The monoisotopic (exact) mass is 276 g/mol. The predicted molar refractivity (Wildman–Crippen MR) is 77.5 cm³/mol. The van der Waals surface area contributed by atoms with E-state index in [9.17, 15) is 5.11 Å². The quantitative estimate of drug-likeness (QED) is 0.554. The number of imidazole rings is 1. The van der Waals surface area contributed by atoms with Gasteiger partial charge in [-0.05, 0) is 26.2 Å². The minimum atomic E-state index is -0.593. The van der Waals surface area contributed by atoms with Crippen LogP contribution >= 0.6 is 0 Å². The number of nitrogens with zero attached hydrogens (tertiary/aromatic N) is 4. The Morgan fingerprint density at radius 1 is 1.40 bits per heavy atom. The zero-order valence-corrected chi connectivity index (χ0v) is 11.6. The van der Waals surface area contributed by atoms with Crippen LogP contribution in [-0.2, 0) is 0 Å². The zero-order valence-electron chi connectivity index (χ0n) is 11.6. The van der Waals surface area contributed by atoms with Crippen molar-refractivity contribution in [3.05, 3.63) is 18.6 Å². The van der Waals surface area contributed by atoms with Crippen molar-refractivity contribution >= 4 is 17.3 Å². The summed E-state index contributed by atoms with van der Waals surface area (Å²) >= 11 is 0. The van der Waals surface area contributed by atoms with Gasteiger partial charge in [0.15, 0.2) is 17.3 Å². The maximum absolute atomic E-state index is 10.2. The Morgan fingerprint density at radius 3 is 3.05 bits per heavy atom. The van der Waals surface area contributed by atoms with Crippen LogP contribution in [0, 0.1) is 0 Å². The van der Waals surface area contributed by atoms with Crippen LogP contribution < -0.4 is 16.2 Å². The third-order valence-corrected chi connectivity index (χ3v) is 3.87. The number of rotatable bonds is 2. The van der Waals surface area contributed by atoms with E-state index in [1.54, 1.807) is 12.4 Å². The molecule has 3 heterocycles. The third-order valence-electron chi connectivity index (χ3n) is 3.87. The first kappa shape index (κ1) is 13.1. The van der Waals surface area contributed by atoms with Crippen LogP contribution in [-0.4, -0.2) is 38.2 Å². The van der Waals surface area contributed by atoms with Gasteiger partial charge in [0, 0.05) is 25.5 Å². The van der Waals surface area contributed by atoms with Gasteiger partial charge in [-0.25, -0.2) is 15.8 Å². The molecule has 108 valence electrons. The molecule has 0 bridgehead atoms. The first-order chi connectivity index (χ1) is 9.59. The van der Waals surface area contributed by atoms with Gasteiger partial charge in [0.05, 0.1) is 11.8 Å². The first-order valence-electron chi connectivity index (χ1n) is 6.87. The molecule has 0 spiro atoms. The van der Waals surface area contributed by atoms with Crippen LogP contribution in [0.3, 0.4) is 0 Å². The number of hydrazine groups is 1. The molecule has 2 aromatic rings. The molecule has 0 radical (unpaired) electrons. The predicted octanol–water partition coefficient (Wildman–Crippen LogP) is 0.756. The van der Waals surface area contributed by atoms with Crippen molar-refractivity contribution in [2.45, 2.75) is 31.8 Å². The average molecular weight is 276 g/mol. The van der Waals surface area contributed by atoms with Crippen molar-refractivity contribution in [3.8, 4) is 0 Å². The van der Waals surface area contributed by atoms with Gasteiger partial charge in [0.1, 0.15) is 0 Å². The molecule has 0 aromatic carbocycles. The van der Waals surface area contributed by atoms with Crippen molar-refractivity contribution in [2.75, 3.05) is 23.4 Å². The topological polar surface area (TPSA) is 91.7 Å². The Balaban J connectivity index is 1.98. The van der Waals surface area contributed by atoms with Gasteiger partial charge in [0.2, 0.25) is 0 Å². The summed E-state index contributed by atoms with van der Waals surface area (Å²) in [6, 6.07) is 0. The highest BCUT2D eigenvalue weighted by Crippen LogP contribution is 2.27. The first-order valence-corrected chi connectivity index (χ1v) is 6.87. The number of hydrogen-bond donors (Lipinski definition) is 3. The number of aliphatic hydroxyl groups is 1. The van der Waals surface area contributed by atoms with Crippen molar-refractivity contribution < 1.29 is 5.11 Å². The van der Waals surface area contributed by atoms with Crippen LogP contribution in [0.25, 0.3) is 5.65 Å². The summed E-state index contributed by atoms with van der Waals surface area (Å²) in [5, 5.41) is 10.2. The van der Waals surface area contributed by atoms with Gasteiger partial charge in [-0.1, -0.05) is 0 Å². The molecule has 4 N–H and O–H groups in total. The van der Waals surface area contributed by atoms with Gasteiger partial charge >= 0.3 is 0 Å². The molecular formula is C13H20N6O. The van der Waals surface area contributed by atoms with E-state index in [0.717, 1.165) is 43.8 Å². The Bertz CT molecular complexity index is 608. The number of nitrogen functional groups attached to an aromatic ring is 1. The van der Waals surface area contributed by atoms with E-state index in [2.05, 4.69) is 20.3 Å². The van der Waals surface area contributed by atoms with Gasteiger partial charge in [-0.2, -0.15) is 0 Å². The summed E-state index contributed by atoms with van der Waals surface area (Å²) in [7, 11) is 0. The summed E-state index contributed by atoms with van der Waals surface area (Å²) in [4.78, 5) is 11.1. The maximum Gasteiger partial charge on any atom is 0.180 e. The molecule has 1 fully saturated rings. The fourth-order valence-electron chi connectivity index (χ4n) is 2.67. The molecule has 1 saturated heterocycles. The summed E-state index contributed by atoms with van der Waals surface area (Å²) < 4.78 is 1.90. The molecule has 1 aliphatic heterocycles. The van der Waals surface area contributed by atoms with Crippen molar-refractivity contribution in [1.82, 2.24) is 14.4 Å². The fourth-order valence-corrected chi connectivity index (χ4v) is 2.67. The lowest BCUT2D eigenvalue weighted by Gasteiger charge is -2.24. The van der Waals surface area contributed by atoms with Crippen molar-refractivity contribution in [1.29, 1.82) is 0 Å². The fraction of sp³-hybridized carbons (Fsp3) is 0.538. The molecular weight excluding hydrogens is 256 g/mol. The standard InChI is InChI=1S/C13H20N6O/c1-13(20)3-2-6-18(7-4-13)12-11-15-5-8-19(11)9-10(16-12)17-14/h5,8-9,17,20H,2-4,6-7,14H2,1H3. The maximum atomic E-state index is 10.2. The lowest BCUT2D eigenvalue weighted by Crippen LogP contribution is -2.29. The summed E-state index contributed by atoms with van der Waals surface area (Å²) in [6.07, 6.45) is 7.89.